The summed E-state index contributed by atoms with van der Waals surface area (Å²) in [5.41, 5.74) is 1.11. The molecule has 6 heteroatoms. The zero-order valence-corrected chi connectivity index (χ0v) is 12.7. The van der Waals surface area contributed by atoms with Crippen molar-refractivity contribution in [3.63, 3.8) is 0 Å². The Hall–Kier alpha value is -2.37. The van der Waals surface area contributed by atoms with E-state index in [0.29, 0.717) is 24.2 Å². The van der Waals surface area contributed by atoms with Crippen LogP contribution in [-0.4, -0.2) is 22.9 Å². The van der Waals surface area contributed by atoms with E-state index in [4.69, 9.17) is 0 Å². The Morgan fingerprint density at radius 3 is 2.41 bits per heavy atom. The molecule has 1 aliphatic rings. The Balaban J connectivity index is 2.08. The maximum atomic E-state index is 12.1. The van der Waals surface area contributed by atoms with Crippen LogP contribution in [0.5, 0.6) is 0 Å². The molecular formula is C16H20N2O4. The van der Waals surface area contributed by atoms with Gasteiger partial charge in [0.15, 0.2) is 0 Å². The van der Waals surface area contributed by atoms with Crippen molar-refractivity contribution in [3.8, 4) is 0 Å². The van der Waals surface area contributed by atoms with Crippen molar-refractivity contribution in [2.45, 2.75) is 39.5 Å². The summed E-state index contributed by atoms with van der Waals surface area (Å²) in [5, 5.41) is 14.7. The molecule has 0 bridgehead atoms. The third-order valence-electron chi connectivity index (χ3n) is 4.10. The number of aryl methyl sites for hydroxylation is 1. The van der Waals surface area contributed by atoms with Gasteiger partial charge in [0.05, 0.1) is 5.41 Å². The summed E-state index contributed by atoms with van der Waals surface area (Å²) in [4.78, 5) is 34.5. The highest BCUT2D eigenvalue weighted by atomic mass is 16.4. The molecule has 0 spiro atoms. The summed E-state index contributed by atoms with van der Waals surface area (Å²) in [5.74, 6) is -1.41. The second kappa shape index (κ2) is 6.17. The van der Waals surface area contributed by atoms with Crippen LogP contribution in [0, 0.1) is 12.3 Å². The third-order valence-corrected chi connectivity index (χ3v) is 4.10. The van der Waals surface area contributed by atoms with E-state index < -0.39 is 11.4 Å². The van der Waals surface area contributed by atoms with E-state index in [9.17, 15) is 19.5 Å². The minimum atomic E-state index is -0.909. The van der Waals surface area contributed by atoms with E-state index >= 15 is 0 Å². The first-order valence-electron chi connectivity index (χ1n) is 7.24. The summed E-state index contributed by atoms with van der Waals surface area (Å²) in [6.45, 7) is 3.24. The average Bonchev–Trinajstić information content (AvgIpc) is 2.37. The fourth-order valence-corrected chi connectivity index (χ4v) is 2.61. The molecule has 1 aromatic carbocycles. The molecular weight excluding hydrogens is 284 g/mol. The number of nitrogens with one attached hydrogen (secondary N) is 2. The topological polar surface area (TPSA) is 95.5 Å². The molecule has 1 aromatic rings. The van der Waals surface area contributed by atoms with Crippen molar-refractivity contribution in [2.75, 3.05) is 10.6 Å². The Morgan fingerprint density at radius 1 is 1.23 bits per heavy atom. The van der Waals surface area contributed by atoms with Crippen molar-refractivity contribution >= 4 is 29.2 Å². The second-order valence-electron chi connectivity index (χ2n) is 5.87. The number of anilines is 2. The van der Waals surface area contributed by atoms with E-state index in [1.165, 1.54) is 6.92 Å². The first-order valence-corrected chi connectivity index (χ1v) is 7.24. The minimum absolute atomic E-state index is 0.0217. The molecule has 1 saturated carbocycles. The number of rotatable bonds is 5. The molecule has 2 amide bonds. The normalized spacial score (nSPS) is 15.5. The molecule has 118 valence electrons. The predicted molar refractivity (Wildman–Crippen MR) is 82.6 cm³/mol. The molecule has 1 aliphatic carbocycles. The van der Waals surface area contributed by atoms with E-state index in [2.05, 4.69) is 10.6 Å². The molecule has 1 fully saturated rings. The lowest BCUT2D eigenvalue weighted by molar-refractivity contribution is -0.157. The van der Waals surface area contributed by atoms with Gasteiger partial charge in [-0.2, -0.15) is 0 Å². The Morgan fingerprint density at radius 2 is 1.91 bits per heavy atom. The standard InChI is InChI=1S/C16H20N2O4/c1-10-4-5-12(17-11(2)19)8-13(10)18-14(20)9-16(15(21)22)6-3-7-16/h4-5,8H,3,6-7,9H2,1-2H3,(H,17,19)(H,18,20)(H,21,22). The molecule has 0 aliphatic heterocycles. The van der Waals surface area contributed by atoms with E-state index in [1.54, 1.807) is 18.2 Å². The summed E-state index contributed by atoms with van der Waals surface area (Å²) in [6, 6.07) is 5.21. The van der Waals surface area contributed by atoms with Crippen LogP contribution in [0.2, 0.25) is 0 Å². The zero-order valence-electron chi connectivity index (χ0n) is 12.7. The fraction of sp³-hybridized carbons (Fsp3) is 0.438. The number of carboxylic acids is 1. The van der Waals surface area contributed by atoms with Crippen molar-refractivity contribution in [2.24, 2.45) is 5.41 Å². The van der Waals surface area contributed by atoms with Gasteiger partial charge in [-0.15, -0.1) is 0 Å². The molecule has 0 atom stereocenters. The van der Waals surface area contributed by atoms with Gasteiger partial charge in [-0.25, -0.2) is 0 Å². The van der Waals surface area contributed by atoms with Crippen LogP contribution in [0.1, 0.15) is 38.2 Å². The molecule has 6 nitrogen and oxygen atoms in total. The SMILES string of the molecule is CC(=O)Nc1ccc(C)c(NC(=O)CC2(C(=O)O)CCC2)c1. The van der Waals surface area contributed by atoms with Crippen molar-refractivity contribution in [3.05, 3.63) is 23.8 Å². The number of benzene rings is 1. The number of hydrogen-bond donors (Lipinski definition) is 3. The lowest BCUT2D eigenvalue weighted by Gasteiger charge is -2.36. The Bertz CT molecular complexity index is 621. The number of carbonyl (C=O) groups is 3. The fourth-order valence-electron chi connectivity index (χ4n) is 2.61. The monoisotopic (exact) mass is 304 g/mol. The maximum absolute atomic E-state index is 12.1. The molecule has 2 rings (SSSR count). The number of carbonyl (C=O) groups excluding carboxylic acids is 2. The lowest BCUT2D eigenvalue weighted by atomic mass is 9.66. The quantitative estimate of drug-likeness (QED) is 0.779. The van der Waals surface area contributed by atoms with Gasteiger partial charge in [0, 0.05) is 24.7 Å². The van der Waals surface area contributed by atoms with Crippen molar-refractivity contribution in [1.29, 1.82) is 0 Å². The van der Waals surface area contributed by atoms with Crippen LogP contribution in [0.15, 0.2) is 18.2 Å². The van der Waals surface area contributed by atoms with Gasteiger partial charge >= 0.3 is 5.97 Å². The van der Waals surface area contributed by atoms with E-state index in [0.717, 1.165) is 12.0 Å². The van der Waals surface area contributed by atoms with Crippen LogP contribution in [0.4, 0.5) is 11.4 Å². The van der Waals surface area contributed by atoms with Gasteiger partial charge in [-0.1, -0.05) is 12.5 Å². The number of aliphatic carboxylic acids is 1. The number of carboxylic acid groups (broad SMARTS) is 1. The average molecular weight is 304 g/mol. The van der Waals surface area contributed by atoms with E-state index in [1.807, 2.05) is 6.92 Å². The number of amides is 2. The first-order chi connectivity index (χ1) is 10.3. The summed E-state index contributed by atoms with van der Waals surface area (Å²) in [7, 11) is 0. The smallest absolute Gasteiger partial charge is 0.310 e. The highest BCUT2D eigenvalue weighted by Crippen LogP contribution is 2.44. The molecule has 22 heavy (non-hydrogen) atoms. The van der Waals surface area contributed by atoms with Gasteiger partial charge in [0.2, 0.25) is 11.8 Å². The van der Waals surface area contributed by atoms with E-state index in [-0.39, 0.29) is 18.2 Å². The van der Waals surface area contributed by atoms with Gasteiger partial charge in [-0.05, 0) is 37.5 Å². The minimum Gasteiger partial charge on any atom is -0.481 e. The Labute approximate surface area is 128 Å². The highest BCUT2D eigenvalue weighted by Gasteiger charge is 2.45. The molecule has 0 radical (unpaired) electrons. The van der Waals surface area contributed by atoms with Gasteiger partial charge in [-0.3, -0.25) is 14.4 Å². The van der Waals surface area contributed by atoms with Crippen LogP contribution in [0.3, 0.4) is 0 Å². The summed E-state index contributed by atoms with van der Waals surface area (Å²) in [6.07, 6.45) is 1.91. The molecule has 0 unspecified atom stereocenters. The van der Waals surface area contributed by atoms with Crippen LogP contribution >= 0.6 is 0 Å². The molecule has 0 aromatic heterocycles. The molecule has 3 N–H and O–H groups in total. The lowest BCUT2D eigenvalue weighted by Crippen LogP contribution is -2.41. The largest absolute Gasteiger partial charge is 0.481 e. The third kappa shape index (κ3) is 3.44. The van der Waals surface area contributed by atoms with Gasteiger partial charge < -0.3 is 15.7 Å². The number of hydrogen-bond acceptors (Lipinski definition) is 3. The maximum Gasteiger partial charge on any atom is 0.310 e. The summed E-state index contributed by atoms with van der Waals surface area (Å²) < 4.78 is 0. The van der Waals surface area contributed by atoms with Crippen molar-refractivity contribution in [1.82, 2.24) is 0 Å². The first kappa shape index (κ1) is 16.0. The van der Waals surface area contributed by atoms with Crippen LogP contribution in [-0.2, 0) is 14.4 Å². The predicted octanol–water partition coefficient (Wildman–Crippen LogP) is 2.54. The Kier molecular flexibility index (Phi) is 4.49. The highest BCUT2D eigenvalue weighted by molar-refractivity contribution is 5.96. The van der Waals surface area contributed by atoms with Crippen LogP contribution < -0.4 is 10.6 Å². The zero-order chi connectivity index (χ0) is 16.3. The second-order valence-corrected chi connectivity index (χ2v) is 5.87. The van der Waals surface area contributed by atoms with Crippen molar-refractivity contribution < 1.29 is 19.5 Å². The molecule has 0 heterocycles. The summed E-state index contributed by atoms with van der Waals surface area (Å²) >= 11 is 0. The van der Waals surface area contributed by atoms with Crippen LogP contribution in [0.25, 0.3) is 0 Å². The van der Waals surface area contributed by atoms with Gasteiger partial charge in [0.25, 0.3) is 0 Å². The van der Waals surface area contributed by atoms with Gasteiger partial charge in [0.1, 0.15) is 0 Å². The molecule has 0 saturated heterocycles.